The molecule has 0 aromatic rings. The van der Waals surface area contributed by atoms with Crippen molar-refractivity contribution in [1.29, 1.82) is 0 Å². The van der Waals surface area contributed by atoms with Gasteiger partial charge in [0.25, 0.3) is 0 Å². The van der Waals surface area contributed by atoms with E-state index in [1.54, 1.807) is 32.1 Å². The largest absolute Gasteiger partial charge is 0.466 e. The number of unbranched alkanes of at least 4 members (excludes halogenated alkanes) is 1. The lowest BCUT2D eigenvalue weighted by molar-refractivity contribution is -0.327. The van der Waals surface area contributed by atoms with Crippen molar-refractivity contribution in [2.75, 3.05) is 14.2 Å². The number of ether oxygens (including phenoxy) is 8. The van der Waals surface area contributed by atoms with E-state index in [0.29, 0.717) is 6.42 Å². The number of carbonyl (C=O) groups is 5. The lowest BCUT2D eigenvalue weighted by Crippen LogP contribution is -2.62. The molecule has 16 nitrogen and oxygen atoms in total. The number of methoxy groups -OCH3 is 2. The Hall–Kier alpha value is -4.19. The molecule has 0 aromatic carbocycles. The Kier molecular flexibility index (Phi) is 18.5. The first-order valence-corrected chi connectivity index (χ1v) is 21.8. The summed E-state index contributed by atoms with van der Waals surface area (Å²) in [6.45, 7) is 11.9. The predicted octanol–water partition coefficient (Wildman–Crippen LogP) is 4.96. The van der Waals surface area contributed by atoms with Crippen LogP contribution in [0.2, 0.25) is 0 Å². The van der Waals surface area contributed by atoms with Crippen molar-refractivity contribution in [3.8, 4) is 0 Å². The summed E-state index contributed by atoms with van der Waals surface area (Å²) in [4.78, 5) is 64.6. The van der Waals surface area contributed by atoms with Crippen LogP contribution in [0.4, 0.5) is 0 Å². The quantitative estimate of drug-likeness (QED) is 0.0916. The van der Waals surface area contributed by atoms with E-state index in [4.69, 9.17) is 37.9 Å². The third kappa shape index (κ3) is 14.1. The lowest BCUT2D eigenvalue weighted by atomic mass is 9.73. The predicted molar refractivity (Wildman–Crippen MR) is 227 cm³/mol. The van der Waals surface area contributed by atoms with Gasteiger partial charge in [-0.15, -0.1) is 0 Å². The topological polar surface area (TPSA) is 220 Å². The molecule has 4 aliphatic heterocycles. The molecule has 352 valence electrons. The van der Waals surface area contributed by atoms with Gasteiger partial charge in [0.05, 0.1) is 63.4 Å². The van der Waals surface area contributed by atoms with Gasteiger partial charge in [-0.05, 0) is 38.2 Å². The molecule has 0 unspecified atom stereocenters. The second-order valence-corrected chi connectivity index (χ2v) is 18.1. The van der Waals surface area contributed by atoms with E-state index < -0.39 is 114 Å². The van der Waals surface area contributed by atoms with Gasteiger partial charge in [-0.2, -0.15) is 0 Å². The highest BCUT2D eigenvalue weighted by Crippen LogP contribution is 2.48. The Labute approximate surface area is 370 Å². The molecule has 16 heteroatoms. The molecule has 0 saturated carbocycles. The molecular weight excluding hydrogens is 821 g/mol. The summed E-state index contributed by atoms with van der Waals surface area (Å²) in [7, 11) is 2.46. The summed E-state index contributed by atoms with van der Waals surface area (Å²) in [5.41, 5.74) is -1.35. The number of aliphatic hydroxyl groups excluding tert-OH is 2. The van der Waals surface area contributed by atoms with Gasteiger partial charge < -0.3 is 53.2 Å². The van der Waals surface area contributed by atoms with E-state index in [-0.39, 0.29) is 44.1 Å². The first-order valence-electron chi connectivity index (χ1n) is 21.8. The first-order chi connectivity index (χ1) is 29.6. The molecule has 0 spiro atoms. The number of allylic oxidation sites excluding steroid dienone is 3. The van der Waals surface area contributed by atoms with Crippen molar-refractivity contribution < 1.29 is 77.2 Å². The van der Waals surface area contributed by atoms with Gasteiger partial charge in [0.15, 0.2) is 6.10 Å². The van der Waals surface area contributed by atoms with Gasteiger partial charge >= 0.3 is 29.8 Å². The van der Waals surface area contributed by atoms with Crippen LogP contribution in [0.15, 0.2) is 59.8 Å². The summed E-state index contributed by atoms with van der Waals surface area (Å²) < 4.78 is 47.2. The molecule has 6 bridgehead atoms. The van der Waals surface area contributed by atoms with Crippen LogP contribution in [0.3, 0.4) is 0 Å². The Morgan fingerprint density at radius 3 is 2.22 bits per heavy atom. The molecule has 4 aliphatic rings. The summed E-state index contributed by atoms with van der Waals surface area (Å²) in [6, 6.07) is 0. The molecule has 3 fully saturated rings. The molecule has 4 heterocycles. The molecule has 0 radical (unpaired) electrons. The maximum absolute atomic E-state index is 13.4. The fourth-order valence-corrected chi connectivity index (χ4v) is 8.53. The van der Waals surface area contributed by atoms with Crippen molar-refractivity contribution in [2.45, 2.75) is 180 Å². The van der Waals surface area contributed by atoms with E-state index in [0.717, 1.165) is 24.5 Å². The van der Waals surface area contributed by atoms with Gasteiger partial charge in [-0.1, -0.05) is 77.0 Å². The minimum atomic E-state index is -2.42. The van der Waals surface area contributed by atoms with E-state index in [9.17, 15) is 39.3 Å². The zero-order valence-electron chi connectivity index (χ0n) is 38.1. The maximum Gasteiger partial charge on any atom is 0.331 e. The van der Waals surface area contributed by atoms with Crippen molar-refractivity contribution in [3.05, 3.63) is 59.8 Å². The normalized spacial score (nSPS) is 35.0. The fourth-order valence-electron chi connectivity index (χ4n) is 8.53. The average Bonchev–Trinajstić information content (AvgIpc) is 3.19. The van der Waals surface area contributed by atoms with Crippen molar-refractivity contribution >= 4 is 29.8 Å². The number of rotatable bonds is 9. The highest BCUT2D eigenvalue weighted by molar-refractivity contribution is 5.85. The van der Waals surface area contributed by atoms with Crippen molar-refractivity contribution in [2.24, 2.45) is 10.8 Å². The van der Waals surface area contributed by atoms with Gasteiger partial charge in [0, 0.05) is 61.7 Å². The molecule has 4 rings (SSSR count). The molecule has 3 N–H and O–H groups in total. The summed E-state index contributed by atoms with van der Waals surface area (Å²) in [6.07, 6.45) is 4.80. The second-order valence-electron chi connectivity index (χ2n) is 18.1. The Morgan fingerprint density at radius 1 is 0.873 bits per heavy atom. The van der Waals surface area contributed by atoms with Crippen LogP contribution in [0.5, 0.6) is 0 Å². The minimum absolute atomic E-state index is 0.0109. The van der Waals surface area contributed by atoms with Crippen LogP contribution in [0, 0.1) is 10.8 Å². The van der Waals surface area contributed by atoms with Crippen LogP contribution >= 0.6 is 0 Å². The number of hydrogen-bond donors (Lipinski definition) is 3. The van der Waals surface area contributed by atoms with Gasteiger partial charge in [0.2, 0.25) is 5.79 Å². The molecule has 0 aliphatic carbocycles. The number of esters is 5. The van der Waals surface area contributed by atoms with Crippen LogP contribution in [0.1, 0.15) is 113 Å². The van der Waals surface area contributed by atoms with Gasteiger partial charge in [-0.3, -0.25) is 9.59 Å². The number of carbonyl (C=O) groups excluding carboxylic acids is 5. The van der Waals surface area contributed by atoms with Crippen LogP contribution < -0.4 is 0 Å². The smallest absolute Gasteiger partial charge is 0.331 e. The zero-order valence-corrected chi connectivity index (χ0v) is 38.1. The van der Waals surface area contributed by atoms with E-state index in [1.807, 2.05) is 26.8 Å². The SMILES string of the molecule is CCC/C=C/C=C/C(=O)O[C@H]1/C(=C/C(=O)OC)C[C@H]2C[C@H]([C@@H](C)O)OC(=O)C[C@H](O)C[C@@H]3C[C@H](OC(C)=O)C(C)(C)[C@H](C[C@@H]4C/C(=C/C(=O)OC)C[C@H](/C=C/C(C)(C)[C@]1(O)O2)O4)O3. The van der Waals surface area contributed by atoms with E-state index in [2.05, 4.69) is 0 Å². The average molecular weight is 889 g/mol. The van der Waals surface area contributed by atoms with E-state index in [1.165, 1.54) is 46.3 Å². The lowest BCUT2D eigenvalue weighted by Gasteiger charge is -2.51. The number of cyclic esters (lactones) is 1. The van der Waals surface area contributed by atoms with Crippen molar-refractivity contribution in [1.82, 2.24) is 0 Å². The highest BCUT2D eigenvalue weighted by atomic mass is 16.7. The molecule has 63 heavy (non-hydrogen) atoms. The summed E-state index contributed by atoms with van der Waals surface area (Å²) in [5, 5.41) is 35.1. The van der Waals surface area contributed by atoms with E-state index >= 15 is 0 Å². The van der Waals surface area contributed by atoms with Gasteiger partial charge in [0.1, 0.15) is 12.2 Å². The number of fused-ring (bicyclic) bond motifs is 6. The van der Waals surface area contributed by atoms with Crippen LogP contribution in [0.25, 0.3) is 0 Å². The number of hydrogen-bond acceptors (Lipinski definition) is 16. The third-order valence-corrected chi connectivity index (χ3v) is 12.2. The zero-order chi connectivity index (χ0) is 46.7. The van der Waals surface area contributed by atoms with Crippen molar-refractivity contribution in [3.63, 3.8) is 0 Å². The first kappa shape index (κ1) is 51.4. The monoisotopic (exact) mass is 888 g/mol. The van der Waals surface area contributed by atoms with Crippen LogP contribution in [-0.2, 0) is 61.9 Å². The molecule has 0 aromatic heterocycles. The van der Waals surface area contributed by atoms with Crippen LogP contribution in [-0.4, -0.2) is 126 Å². The third-order valence-electron chi connectivity index (χ3n) is 12.2. The summed E-state index contributed by atoms with van der Waals surface area (Å²) >= 11 is 0. The minimum Gasteiger partial charge on any atom is -0.466 e. The van der Waals surface area contributed by atoms with Gasteiger partial charge in [-0.25, -0.2) is 14.4 Å². The molecule has 3 saturated heterocycles. The molecular formula is C47H68O16. The Bertz CT molecular complexity index is 1770. The summed E-state index contributed by atoms with van der Waals surface area (Å²) in [5.74, 6) is -5.92. The maximum atomic E-state index is 13.4. The molecule has 11 atom stereocenters. The second kappa shape index (κ2) is 22.6. The highest BCUT2D eigenvalue weighted by Gasteiger charge is 2.58. The Balaban J connectivity index is 1.86. The molecule has 0 amide bonds. The number of aliphatic hydroxyl groups is 3. The Morgan fingerprint density at radius 2 is 1.57 bits per heavy atom. The standard InChI is InChI=1S/C47H68O16/c1-10-11-12-13-14-15-40(51)62-44-31(22-42(53)57-9)21-36-25-37(28(2)48)61-43(54)24-32(50)23-35-27-38(58-29(3)49)46(6,7)39(60-35)26-34-19-30(20-41(52)56-8)18-33(59-34)16-17-45(4,5)47(44,55)63-36/h12-17,20,22,28,32-39,44,48,50,55H,10-11,18-19,21,23-27H2,1-9H3/b13-12+,15-14+,17-16+,30-20+,31-22+/t28-,32-,33+,34+,35-,36+,37-,38+,39+,44+,47-/m1/s1. The fraction of sp³-hybridized carbons (Fsp3) is 0.681.